The summed E-state index contributed by atoms with van der Waals surface area (Å²) in [5, 5.41) is 2.75. The minimum Gasteiger partial charge on any atom is -0.497 e. The molecule has 160 valence electrons. The fourth-order valence-corrected chi connectivity index (χ4v) is 4.25. The maximum Gasteiger partial charge on any atom is 0.255 e. The molecule has 0 saturated carbocycles. The van der Waals surface area contributed by atoms with E-state index in [0.717, 1.165) is 22.4 Å². The van der Waals surface area contributed by atoms with Gasteiger partial charge in [0.2, 0.25) is 5.91 Å². The van der Waals surface area contributed by atoms with Crippen LogP contribution < -0.4 is 10.1 Å². The molecule has 6 heteroatoms. The summed E-state index contributed by atoms with van der Waals surface area (Å²) in [5.74, 6) is 0.628. The van der Waals surface area contributed by atoms with Crippen molar-refractivity contribution in [3.8, 4) is 5.75 Å². The Morgan fingerprint density at radius 3 is 2.81 bits per heavy atom. The molecule has 1 N–H and O–H groups in total. The summed E-state index contributed by atoms with van der Waals surface area (Å²) in [7, 11) is 1.61. The molecule has 2 aromatic rings. The van der Waals surface area contributed by atoms with Crippen LogP contribution in [0.3, 0.4) is 0 Å². The number of nitrogens with one attached hydrogen (secondary N) is 1. The predicted molar refractivity (Wildman–Crippen MR) is 117 cm³/mol. The van der Waals surface area contributed by atoms with Crippen molar-refractivity contribution in [3.63, 3.8) is 0 Å². The highest BCUT2D eigenvalue weighted by Gasteiger charge is 2.38. The minimum absolute atomic E-state index is 0.108. The van der Waals surface area contributed by atoms with Gasteiger partial charge in [-0.15, -0.1) is 0 Å². The van der Waals surface area contributed by atoms with Gasteiger partial charge in [-0.1, -0.05) is 30.8 Å². The van der Waals surface area contributed by atoms with Crippen LogP contribution >= 0.6 is 0 Å². The zero-order valence-corrected chi connectivity index (χ0v) is 17.6. The van der Waals surface area contributed by atoms with Crippen molar-refractivity contribution in [3.05, 3.63) is 77.0 Å². The van der Waals surface area contributed by atoms with Crippen molar-refractivity contribution >= 4 is 17.6 Å². The van der Waals surface area contributed by atoms with Crippen molar-refractivity contribution in [2.24, 2.45) is 0 Å². The molecule has 6 nitrogen and oxygen atoms in total. The molecule has 0 bridgehead atoms. The first-order chi connectivity index (χ1) is 14.9. The number of allylic oxidation sites excluding steroid dienone is 1. The summed E-state index contributed by atoms with van der Waals surface area (Å²) in [6, 6.07) is 12.8. The molecule has 2 aliphatic rings. The molecule has 2 aromatic carbocycles. The van der Waals surface area contributed by atoms with Crippen LogP contribution in [0.15, 0.2) is 54.7 Å². The van der Waals surface area contributed by atoms with E-state index in [9.17, 15) is 14.4 Å². The fourth-order valence-electron chi connectivity index (χ4n) is 4.25. The highest BCUT2D eigenvalue weighted by molar-refractivity contribution is 6.01. The standard InChI is InChI=1S/C25H26N2O4/c1-16-6-11-23(24(29)26-16)27-15-19-12-17(8-10-22(19)25(27)30)7-9-20(28)13-18-4-3-5-21(14-18)31-2/h3-5,8,10,12,14,23H,1,6-7,9,11,13,15H2,2H3,(H,26,29). The molecule has 0 aliphatic carbocycles. The van der Waals surface area contributed by atoms with Gasteiger partial charge in [-0.3, -0.25) is 14.4 Å². The van der Waals surface area contributed by atoms with Gasteiger partial charge in [0.1, 0.15) is 17.6 Å². The van der Waals surface area contributed by atoms with Gasteiger partial charge in [0.15, 0.2) is 0 Å². The summed E-state index contributed by atoms with van der Waals surface area (Å²) in [4.78, 5) is 39.2. The van der Waals surface area contributed by atoms with Gasteiger partial charge in [0.05, 0.1) is 7.11 Å². The summed E-state index contributed by atoms with van der Waals surface area (Å²) < 4.78 is 5.21. The van der Waals surface area contributed by atoms with Gasteiger partial charge in [-0.25, -0.2) is 0 Å². The van der Waals surface area contributed by atoms with E-state index in [4.69, 9.17) is 4.74 Å². The first kappa shape index (κ1) is 20.8. The van der Waals surface area contributed by atoms with Crippen molar-refractivity contribution in [1.29, 1.82) is 0 Å². The summed E-state index contributed by atoms with van der Waals surface area (Å²) in [6.45, 7) is 4.22. The van der Waals surface area contributed by atoms with Gasteiger partial charge >= 0.3 is 0 Å². The Bertz CT molecular complexity index is 1060. The van der Waals surface area contributed by atoms with Crippen molar-refractivity contribution < 1.29 is 19.1 Å². The average molecular weight is 418 g/mol. The van der Waals surface area contributed by atoms with Crippen LogP contribution in [0.1, 0.15) is 46.3 Å². The van der Waals surface area contributed by atoms with Gasteiger partial charge < -0.3 is 15.0 Å². The van der Waals surface area contributed by atoms with Crippen LogP contribution in [-0.2, 0) is 29.0 Å². The predicted octanol–water partition coefficient (Wildman–Crippen LogP) is 3.19. The number of carbonyl (C=O) groups is 3. The fraction of sp³-hybridized carbons (Fsp3) is 0.320. The molecular formula is C25H26N2O4. The molecule has 2 heterocycles. The van der Waals surface area contributed by atoms with E-state index >= 15 is 0 Å². The number of ketones is 1. The largest absolute Gasteiger partial charge is 0.497 e. The highest BCUT2D eigenvalue weighted by Crippen LogP contribution is 2.29. The second-order valence-electron chi connectivity index (χ2n) is 8.14. The lowest BCUT2D eigenvalue weighted by molar-refractivity contribution is -0.126. The molecule has 0 aromatic heterocycles. The van der Waals surface area contributed by atoms with E-state index in [1.165, 1.54) is 0 Å². The van der Waals surface area contributed by atoms with Gasteiger partial charge in [-0.05, 0) is 54.2 Å². The Balaban J connectivity index is 1.37. The molecule has 1 atom stereocenters. The molecule has 2 aliphatic heterocycles. The number of carbonyl (C=O) groups excluding carboxylic acids is 3. The third-order valence-electron chi connectivity index (χ3n) is 5.93. The van der Waals surface area contributed by atoms with Crippen LogP contribution in [0.5, 0.6) is 5.75 Å². The molecule has 2 amide bonds. The van der Waals surface area contributed by atoms with E-state index in [2.05, 4.69) is 11.9 Å². The third kappa shape index (κ3) is 4.53. The Hall–Kier alpha value is -3.41. The quantitative estimate of drug-likeness (QED) is 0.749. The smallest absolute Gasteiger partial charge is 0.255 e. The molecular weight excluding hydrogens is 392 g/mol. The molecule has 1 fully saturated rings. The summed E-state index contributed by atoms with van der Waals surface area (Å²) >= 11 is 0. The van der Waals surface area contributed by atoms with E-state index < -0.39 is 6.04 Å². The first-order valence-electron chi connectivity index (χ1n) is 10.5. The molecule has 0 spiro atoms. The SMILES string of the molecule is C=C1CCC(N2Cc3cc(CCC(=O)Cc4cccc(OC)c4)ccc3C2=O)C(=O)N1. The first-order valence-corrected chi connectivity index (χ1v) is 10.5. The molecule has 1 unspecified atom stereocenters. The zero-order chi connectivity index (χ0) is 22.0. The number of nitrogens with zero attached hydrogens (tertiary/aromatic N) is 1. The monoisotopic (exact) mass is 418 g/mol. The zero-order valence-electron chi connectivity index (χ0n) is 17.6. The lowest BCUT2D eigenvalue weighted by Crippen LogP contribution is -2.49. The Kier molecular flexibility index (Phi) is 5.89. The Morgan fingerprint density at radius 2 is 2.03 bits per heavy atom. The topological polar surface area (TPSA) is 75.7 Å². The molecule has 31 heavy (non-hydrogen) atoms. The maximum absolute atomic E-state index is 12.8. The number of benzene rings is 2. The number of Topliss-reactive ketones (excluding diaryl/α,β-unsaturated/α-hetero) is 1. The Labute approximate surface area is 181 Å². The second kappa shape index (κ2) is 8.76. The van der Waals surface area contributed by atoms with Crippen molar-refractivity contribution in [2.45, 2.75) is 44.7 Å². The van der Waals surface area contributed by atoms with E-state index in [0.29, 0.717) is 49.9 Å². The minimum atomic E-state index is -0.460. The van der Waals surface area contributed by atoms with E-state index in [1.807, 2.05) is 42.5 Å². The second-order valence-corrected chi connectivity index (χ2v) is 8.14. The van der Waals surface area contributed by atoms with Gasteiger partial charge in [0, 0.05) is 30.6 Å². The normalized spacial score (nSPS) is 18.0. The third-order valence-corrected chi connectivity index (χ3v) is 5.93. The molecule has 4 rings (SSSR count). The Morgan fingerprint density at radius 1 is 1.19 bits per heavy atom. The van der Waals surface area contributed by atoms with Crippen LogP contribution in [0, 0.1) is 0 Å². The van der Waals surface area contributed by atoms with E-state index in [1.54, 1.807) is 12.0 Å². The van der Waals surface area contributed by atoms with Crippen LogP contribution in [0.4, 0.5) is 0 Å². The molecule has 1 saturated heterocycles. The maximum atomic E-state index is 12.8. The number of amides is 2. The van der Waals surface area contributed by atoms with Crippen molar-refractivity contribution in [2.75, 3.05) is 7.11 Å². The van der Waals surface area contributed by atoms with Gasteiger partial charge in [0.25, 0.3) is 5.91 Å². The summed E-state index contributed by atoms with van der Waals surface area (Å²) in [6.07, 6.45) is 2.69. The number of piperidine rings is 1. The lowest BCUT2D eigenvalue weighted by Gasteiger charge is -2.30. The number of rotatable bonds is 7. The number of ether oxygens (including phenoxy) is 1. The number of aryl methyl sites for hydroxylation is 1. The number of methoxy groups -OCH3 is 1. The van der Waals surface area contributed by atoms with E-state index in [-0.39, 0.29) is 17.6 Å². The van der Waals surface area contributed by atoms with Crippen molar-refractivity contribution in [1.82, 2.24) is 10.2 Å². The van der Waals surface area contributed by atoms with Gasteiger partial charge in [-0.2, -0.15) is 0 Å². The highest BCUT2D eigenvalue weighted by atomic mass is 16.5. The summed E-state index contributed by atoms with van der Waals surface area (Å²) in [5.41, 5.74) is 4.22. The number of hydrogen-bond donors (Lipinski definition) is 1. The van der Waals surface area contributed by atoms with Crippen LogP contribution in [0.25, 0.3) is 0 Å². The average Bonchev–Trinajstić information content (AvgIpc) is 3.08. The van der Waals surface area contributed by atoms with Crippen LogP contribution in [0.2, 0.25) is 0 Å². The van der Waals surface area contributed by atoms with Crippen LogP contribution in [-0.4, -0.2) is 35.6 Å². The molecule has 0 radical (unpaired) electrons. The lowest BCUT2D eigenvalue weighted by atomic mass is 9.99. The number of hydrogen-bond acceptors (Lipinski definition) is 4. The number of fused-ring (bicyclic) bond motifs is 1.